The Balaban J connectivity index is 1.86. The molecule has 0 aromatic rings. The first kappa shape index (κ1) is 12.9. The highest BCUT2D eigenvalue weighted by molar-refractivity contribution is 9.09. The molecule has 2 aliphatic rings. The average Bonchev–Trinajstić information content (AvgIpc) is 2.33. The molecule has 1 heterocycles. The van der Waals surface area contributed by atoms with E-state index < -0.39 is 0 Å². The molecule has 2 fully saturated rings. The van der Waals surface area contributed by atoms with Crippen molar-refractivity contribution >= 4 is 15.9 Å². The molecule has 2 heteroatoms. The van der Waals surface area contributed by atoms with Gasteiger partial charge >= 0.3 is 0 Å². The molecule has 2 rings (SSSR count). The summed E-state index contributed by atoms with van der Waals surface area (Å²) in [5.41, 5.74) is 0.610. The van der Waals surface area contributed by atoms with Crippen molar-refractivity contribution in [2.75, 3.05) is 25.0 Å². The van der Waals surface area contributed by atoms with Crippen LogP contribution < -0.4 is 0 Å². The Kier molecular flexibility index (Phi) is 4.72. The van der Waals surface area contributed by atoms with Gasteiger partial charge in [-0.15, -0.1) is 0 Å². The van der Waals surface area contributed by atoms with Crippen molar-refractivity contribution in [2.24, 2.45) is 11.3 Å². The maximum atomic E-state index is 3.78. The fourth-order valence-corrected chi connectivity index (χ4v) is 4.07. The summed E-state index contributed by atoms with van der Waals surface area (Å²) in [5, 5.41) is 1.21. The average molecular weight is 288 g/mol. The third kappa shape index (κ3) is 3.22. The number of hydrogen-bond acceptors (Lipinski definition) is 1. The van der Waals surface area contributed by atoms with E-state index in [0.717, 1.165) is 5.92 Å². The van der Waals surface area contributed by atoms with Gasteiger partial charge in [-0.25, -0.2) is 0 Å². The van der Waals surface area contributed by atoms with E-state index in [0.29, 0.717) is 5.41 Å². The van der Waals surface area contributed by atoms with Gasteiger partial charge in [-0.2, -0.15) is 0 Å². The molecule has 0 aromatic heterocycles. The lowest BCUT2D eigenvalue weighted by atomic mass is 9.75. The summed E-state index contributed by atoms with van der Waals surface area (Å²) in [7, 11) is 0. The van der Waals surface area contributed by atoms with E-state index in [-0.39, 0.29) is 0 Å². The van der Waals surface area contributed by atoms with E-state index in [1.807, 2.05) is 0 Å². The summed E-state index contributed by atoms with van der Waals surface area (Å²) in [5.74, 6) is 0.961. The maximum Gasteiger partial charge on any atom is 0.0100 e. The van der Waals surface area contributed by atoms with Crippen molar-refractivity contribution in [3.63, 3.8) is 0 Å². The molecule has 16 heavy (non-hydrogen) atoms. The van der Waals surface area contributed by atoms with Gasteiger partial charge in [0.2, 0.25) is 0 Å². The highest BCUT2D eigenvalue weighted by Crippen LogP contribution is 2.39. The van der Waals surface area contributed by atoms with Gasteiger partial charge in [-0.1, -0.05) is 42.1 Å². The zero-order chi connectivity index (χ0) is 11.4. The van der Waals surface area contributed by atoms with Crippen LogP contribution in [0.2, 0.25) is 0 Å². The lowest BCUT2D eigenvalue weighted by Gasteiger charge is -2.42. The Morgan fingerprint density at radius 1 is 1.12 bits per heavy atom. The van der Waals surface area contributed by atoms with E-state index in [1.165, 1.54) is 69.9 Å². The lowest BCUT2D eigenvalue weighted by Crippen LogP contribution is -2.43. The van der Waals surface area contributed by atoms with Crippen LogP contribution in [-0.4, -0.2) is 29.9 Å². The van der Waals surface area contributed by atoms with Crippen molar-refractivity contribution in [3.8, 4) is 0 Å². The Morgan fingerprint density at radius 3 is 2.31 bits per heavy atom. The van der Waals surface area contributed by atoms with Crippen LogP contribution in [0.4, 0.5) is 0 Å². The van der Waals surface area contributed by atoms with Gasteiger partial charge in [0.05, 0.1) is 0 Å². The molecule has 1 saturated carbocycles. The second kappa shape index (κ2) is 5.86. The van der Waals surface area contributed by atoms with E-state index in [4.69, 9.17) is 0 Å². The van der Waals surface area contributed by atoms with Crippen LogP contribution in [0.1, 0.15) is 51.9 Å². The molecule has 0 N–H and O–H groups in total. The summed E-state index contributed by atoms with van der Waals surface area (Å²) in [6.45, 7) is 6.44. The summed E-state index contributed by atoms with van der Waals surface area (Å²) < 4.78 is 0. The summed E-state index contributed by atoms with van der Waals surface area (Å²) in [6, 6.07) is 0. The number of rotatable bonds is 3. The molecule has 0 aromatic carbocycles. The maximum absolute atomic E-state index is 3.78. The number of alkyl halides is 1. The smallest absolute Gasteiger partial charge is 0.0100 e. The van der Waals surface area contributed by atoms with Gasteiger partial charge in [0.15, 0.2) is 0 Å². The molecule has 0 atom stereocenters. The summed E-state index contributed by atoms with van der Waals surface area (Å²) in [4.78, 5) is 2.73. The van der Waals surface area contributed by atoms with Gasteiger partial charge in [-0.3, -0.25) is 0 Å². The van der Waals surface area contributed by atoms with Crippen LogP contribution >= 0.6 is 15.9 Å². The molecule has 0 amide bonds. The predicted molar refractivity (Wildman–Crippen MR) is 74.2 cm³/mol. The van der Waals surface area contributed by atoms with Crippen LogP contribution in [0, 0.1) is 11.3 Å². The number of halogens is 1. The van der Waals surface area contributed by atoms with E-state index in [9.17, 15) is 0 Å². The molecule has 0 unspecified atom stereocenters. The fourth-order valence-electron chi connectivity index (χ4n) is 3.33. The molecular weight excluding hydrogens is 262 g/mol. The Hall–Kier alpha value is 0.440. The quantitative estimate of drug-likeness (QED) is 0.708. The van der Waals surface area contributed by atoms with E-state index in [1.54, 1.807) is 0 Å². The predicted octanol–water partition coefficient (Wildman–Crippen LogP) is 4.06. The third-order valence-corrected chi connectivity index (χ3v) is 5.82. The number of likely N-dealkylation sites (tertiary alicyclic amines) is 1. The second-order valence-corrected chi connectivity index (χ2v) is 6.71. The summed E-state index contributed by atoms with van der Waals surface area (Å²) in [6.07, 6.45) is 10.1. The van der Waals surface area contributed by atoms with Crippen LogP contribution in [-0.2, 0) is 0 Å². The van der Waals surface area contributed by atoms with Crippen molar-refractivity contribution in [1.82, 2.24) is 4.90 Å². The largest absolute Gasteiger partial charge is 0.303 e. The Labute approximate surface area is 109 Å². The zero-order valence-electron chi connectivity index (χ0n) is 10.7. The van der Waals surface area contributed by atoms with Gasteiger partial charge in [-0.05, 0) is 50.1 Å². The molecule has 0 spiro atoms. The van der Waals surface area contributed by atoms with Gasteiger partial charge < -0.3 is 4.90 Å². The van der Waals surface area contributed by atoms with Gasteiger partial charge in [0.1, 0.15) is 0 Å². The minimum Gasteiger partial charge on any atom is -0.303 e. The Bertz CT molecular complexity index is 203. The van der Waals surface area contributed by atoms with Crippen LogP contribution in [0.25, 0.3) is 0 Å². The molecule has 94 valence electrons. The topological polar surface area (TPSA) is 3.24 Å². The number of hydrogen-bond donors (Lipinski definition) is 0. The standard InChI is InChI=1S/C14H26BrN/c1-13-5-9-16(10-6-13)12-14(11-15)7-3-2-4-8-14/h13H,2-12H2,1H3. The number of piperidine rings is 1. The molecule has 1 aliphatic heterocycles. The van der Waals surface area contributed by atoms with Crippen molar-refractivity contribution in [3.05, 3.63) is 0 Å². The molecule has 0 bridgehead atoms. The van der Waals surface area contributed by atoms with E-state index >= 15 is 0 Å². The van der Waals surface area contributed by atoms with Crippen LogP contribution in [0.3, 0.4) is 0 Å². The first-order valence-corrected chi connectivity index (χ1v) is 8.15. The molecular formula is C14H26BrN. The highest BCUT2D eigenvalue weighted by Gasteiger charge is 2.33. The second-order valence-electron chi connectivity index (χ2n) is 6.15. The monoisotopic (exact) mass is 287 g/mol. The molecule has 1 saturated heterocycles. The van der Waals surface area contributed by atoms with E-state index in [2.05, 4.69) is 27.8 Å². The zero-order valence-corrected chi connectivity index (χ0v) is 12.3. The third-order valence-electron chi connectivity index (χ3n) is 4.63. The minimum atomic E-state index is 0.610. The van der Waals surface area contributed by atoms with Gasteiger partial charge in [0, 0.05) is 11.9 Å². The first-order valence-electron chi connectivity index (χ1n) is 7.02. The normalized spacial score (nSPS) is 28.1. The van der Waals surface area contributed by atoms with Gasteiger partial charge in [0.25, 0.3) is 0 Å². The van der Waals surface area contributed by atoms with Crippen LogP contribution in [0.5, 0.6) is 0 Å². The fraction of sp³-hybridized carbons (Fsp3) is 1.00. The summed E-state index contributed by atoms with van der Waals surface area (Å²) >= 11 is 3.78. The van der Waals surface area contributed by atoms with Crippen molar-refractivity contribution < 1.29 is 0 Å². The number of nitrogens with zero attached hydrogens (tertiary/aromatic N) is 1. The SMILES string of the molecule is CC1CCN(CC2(CBr)CCCCC2)CC1. The first-order chi connectivity index (χ1) is 7.74. The molecule has 0 radical (unpaired) electrons. The van der Waals surface area contributed by atoms with Crippen molar-refractivity contribution in [1.29, 1.82) is 0 Å². The van der Waals surface area contributed by atoms with Crippen molar-refractivity contribution in [2.45, 2.75) is 51.9 Å². The Morgan fingerprint density at radius 2 is 1.75 bits per heavy atom. The molecule has 1 aliphatic carbocycles. The van der Waals surface area contributed by atoms with Crippen LogP contribution in [0.15, 0.2) is 0 Å². The minimum absolute atomic E-state index is 0.610. The lowest BCUT2D eigenvalue weighted by molar-refractivity contribution is 0.0986. The molecule has 1 nitrogen and oxygen atoms in total. The highest BCUT2D eigenvalue weighted by atomic mass is 79.9.